The zero-order valence-corrected chi connectivity index (χ0v) is 12.3. The molecule has 0 aromatic carbocycles. The van der Waals surface area contributed by atoms with E-state index in [4.69, 9.17) is 23.2 Å². The third-order valence-corrected chi connectivity index (χ3v) is 4.58. The molecule has 0 aliphatic heterocycles. The first-order chi connectivity index (χ1) is 9.00. The van der Waals surface area contributed by atoms with Gasteiger partial charge in [0.2, 0.25) is 0 Å². The van der Waals surface area contributed by atoms with Crippen molar-refractivity contribution in [3.05, 3.63) is 21.9 Å². The van der Waals surface area contributed by atoms with Gasteiger partial charge >= 0.3 is 0 Å². The Kier molecular flexibility index (Phi) is 4.76. The van der Waals surface area contributed by atoms with Crippen LogP contribution in [0, 0.1) is 5.92 Å². The van der Waals surface area contributed by atoms with E-state index in [1.54, 1.807) is 17.7 Å². The van der Waals surface area contributed by atoms with Crippen LogP contribution in [0.15, 0.2) is 6.07 Å². The van der Waals surface area contributed by atoms with Crippen molar-refractivity contribution in [2.45, 2.75) is 31.8 Å². The topological polar surface area (TPSA) is 54.3 Å². The molecule has 1 heterocycles. The Balaban J connectivity index is 1.95. The highest BCUT2D eigenvalue weighted by atomic mass is 35.5. The number of hydrogen-bond acceptors (Lipinski definition) is 2. The van der Waals surface area contributed by atoms with Crippen LogP contribution in [-0.4, -0.2) is 28.2 Å². The van der Waals surface area contributed by atoms with Crippen LogP contribution in [-0.2, 0) is 7.05 Å². The van der Waals surface area contributed by atoms with Gasteiger partial charge in [0.1, 0.15) is 10.8 Å². The smallest absolute Gasteiger partial charge is 0.268 e. The molecule has 19 heavy (non-hydrogen) atoms. The van der Waals surface area contributed by atoms with Crippen molar-refractivity contribution < 1.29 is 9.90 Å². The van der Waals surface area contributed by atoms with Crippen molar-refractivity contribution >= 4 is 29.1 Å². The average molecular weight is 305 g/mol. The maximum atomic E-state index is 12.0. The molecule has 4 nitrogen and oxygen atoms in total. The van der Waals surface area contributed by atoms with E-state index in [1.165, 1.54) is 0 Å². The summed E-state index contributed by atoms with van der Waals surface area (Å²) in [5.74, 6) is -0.0713. The van der Waals surface area contributed by atoms with Crippen molar-refractivity contribution in [3.63, 3.8) is 0 Å². The van der Waals surface area contributed by atoms with E-state index in [0.29, 0.717) is 22.4 Å². The van der Waals surface area contributed by atoms with Crippen LogP contribution in [0.3, 0.4) is 0 Å². The van der Waals surface area contributed by atoms with Gasteiger partial charge < -0.3 is 15.0 Å². The Labute approximate surface area is 122 Å². The number of amides is 1. The van der Waals surface area contributed by atoms with Crippen LogP contribution >= 0.6 is 23.2 Å². The number of rotatable bonds is 3. The number of carbonyl (C=O) groups excluding carboxylic acids is 1. The minimum Gasteiger partial charge on any atom is -0.393 e. The van der Waals surface area contributed by atoms with Gasteiger partial charge in [-0.05, 0) is 18.9 Å². The molecule has 1 saturated carbocycles. The molecule has 2 rings (SSSR count). The average Bonchev–Trinajstić information content (AvgIpc) is 2.65. The quantitative estimate of drug-likeness (QED) is 0.902. The lowest BCUT2D eigenvalue weighted by Gasteiger charge is -2.27. The Morgan fingerprint density at radius 2 is 2.16 bits per heavy atom. The summed E-state index contributed by atoms with van der Waals surface area (Å²) in [5.41, 5.74) is 0.431. The number of aliphatic hydroxyl groups excluding tert-OH is 1. The molecule has 2 unspecified atom stereocenters. The minimum atomic E-state index is -0.311. The molecule has 6 heteroatoms. The zero-order chi connectivity index (χ0) is 14.0. The zero-order valence-electron chi connectivity index (χ0n) is 10.8. The van der Waals surface area contributed by atoms with Crippen LogP contribution in [0.25, 0.3) is 0 Å². The van der Waals surface area contributed by atoms with Gasteiger partial charge in [-0.15, -0.1) is 0 Å². The molecule has 0 radical (unpaired) electrons. The summed E-state index contributed by atoms with van der Waals surface area (Å²) in [6.45, 7) is 0.487. The second-order valence-corrected chi connectivity index (χ2v) is 5.81. The van der Waals surface area contributed by atoms with Crippen LogP contribution in [0.5, 0.6) is 0 Å². The summed E-state index contributed by atoms with van der Waals surface area (Å²) in [7, 11) is 1.69. The molecule has 0 bridgehead atoms. The number of aromatic nitrogens is 1. The first-order valence-corrected chi connectivity index (χ1v) is 7.23. The molecule has 2 atom stereocenters. The molecular formula is C13H18Cl2N2O2. The van der Waals surface area contributed by atoms with Gasteiger partial charge in [0.25, 0.3) is 5.91 Å². The molecule has 0 spiro atoms. The molecule has 1 aliphatic carbocycles. The highest BCUT2D eigenvalue weighted by Gasteiger charge is 2.24. The lowest BCUT2D eigenvalue weighted by atomic mass is 9.86. The third-order valence-electron chi connectivity index (χ3n) is 3.74. The van der Waals surface area contributed by atoms with Gasteiger partial charge in [0.05, 0.1) is 11.1 Å². The summed E-state index contributed by atoms with van der Waals surface area (Å²) >= 11 is 11.8. The minimum absolute atomic E-state index is 0.143. The van der Waals surface area contributed by atoms with Crippen molar-refractivity contribution in [2.75, 3.05) is 6.54 Å². The van der Waals surface area contributed by atoms with E-state index in [9.17, 15) is 9.90 Å². The third kappa shape index (κ3) is 3.25. The van der Waals surface area contributed by atoms with Crippen LogP contribution in [0.4, 0.5) is 0 Å². The second-order valence-electron chi connectivity index (χ2n) is 5.05. The lowest BCUT2D eigenvalue weighted by molar-refractivity contribution is 0.0661. The van der Waals surface area contributed by atoms with E-state index < -0.39 is 0 Å². The monoisotopic (exact) mass is 304 g/mol. The predicted octanol–water partition coefficient (Wildman–Crippen LogP) is 2.61. The van der Waals surface area contributed by atoms with Crippen LogP contribution in [0.1, 0.15) is 36.2 Å². The standard InChI is InChI=1S/C13H18Cl2N2O2/c1-17-10(6-9(14)12(17)15)13(19)16-7-8-4-2-3-5-11(8)18/h6,8,11,18H,2-5,7H2,1H3,(H,16,19). The maximum Gasteiger partial charge on any atom is 0.268 e. The van der Waals surface area contributed by atoms with Gasteiger partial charge in [0, 0.05) is 19.5 Å². The molecule has 0 saturated heterocycles. The predicted molar refractivity (Wildman–Crippen MR) is 75.7 cm³/mol. The molecule has 106 valence electrons. The fourth-order valence-corrected chi connectivity index (χ4v) is 2.88. The van der Waals surface area contributed by atoms with Crippen molar-refractivity contribution in [3.8, 4) is 0 Å². The Hall–Kier alpha value is -0.710. The SMILES string of the molecule is Cn1c(C(=O)NCC2CCCCC2O)cc(Cl)c1Cl. The van der Waals surface area contributed by atoms with Gasteiger partial charge in [-0.25, -0.2) is 0 Å². The van der Waals surface area contributed by atoms with Crippen molar-refractivity contribution in [1.82, 2.24) is 9.88 Å². The van der Waals surface area contributed by atoms with E-state index in [0.717, 1.165) is 25.7 Å². The van der Waals surface area contributed by atoms with Crippen molar-refractivity contribution in [1.29, 1.82) is 0 Å². The summed E-state index contributed by atoms with van der Waals surface area (Å²) in [4.78, 5) is 12.0. The number of halogens is 2. The van der Waals surface area contributed by atoms with Crippen LogP contribution < -0.4 is 5.32 Å². The number of nitrogens with one attached hydrogen (secondary N) is 1. The Morgan fingerprint density at radius 3 is 2.74 bits per heavy atom. The summed E-state index contributed by atoms with van der Waals surface area (Å²) < 4.78 is 1.55. The van der Waals surface area contributed by atoms with E-state index in [2.05, 4.69) is 5.32 Å². The number of carbonyl (C=O) groups is 1. The number of nitrogens with zero attached hydrogens (tertiary/aromatic N) is 1. The highest BCUT2D eigenvalue weighted by Crippen LogP contribution is 2.26. The maximum absolute atomic E-state index is 12.0. The highest BCUT2D eigenvalue weighted by molar-refractivity contribution is 6.41. The summed E-state index contributed by atoms with van der Waals surface area (Å²) in [5, 5.41) is 13.4. The lowest BCUT2D eigenvalue weighted by Crippen LogP contribution is -2.37. The molecule has 1 aromatic heterocycles. The largest absolute Gasteiger partial charge is 0.393 e. The first-order valence-electron chi connectivity index (χ1n) is 6.47. The number of aliphatic hydroxyl groups is 1. The Morgan fingerprint density at radius 1 is 1.47 bits per heavy atom. The van der Waals surface area contributed by atoms with E-state index >= 15 is 0 Å². The van der Waals surface area contributed by atoms with Gasteiger partial charge in [-0.3, -0.25) is 4.79 Å². The van der Waals surface area contributed by atoms with E-state index in [1.807, 2.05) is 0 Å². The fraction of sp³-hybridized carbons (Fsp3) is 0.615. The first kappa shape index (κ1) is 14.7. The molecule has 1 fully saturated rings. The normalized spacial score (nSPS) is 23.4. The Bertz CT molecular complexity index is 473. The fourth-order valence-electron chi connectivity index (χ4n) is 2.50. The molecular weight excluding hydrogens is 287 g/mol. The van der Waals surface area contributed by atoms with Gasteiger partial charge in [0.15, 0.2) is 0 Å². The van der Waals surface area contributed by atoms with Gasteiger partial charge in [-0.1, -0.05) is 36.0 Å². The summed E-state index contributed by atoms with van der Waals surface area (Å²) in [6.07, 6.45) is 3.64. The second kappa shape index (κ2) is 6.16. The molecule has 1 aromatic rings. The van der Waals surface area contributed by atoms with Crippen LogP contribution in [0.2, 0.25) is 10.2 Å². The number of hydrogen-bond donors (Lipinski definition) is 2. The van der Waals surface area contributed by atoms with Crippen molar-refractivity contribution in [2.24, 2.45) is 13.0 Å². The molecule has 1 amide bonds. The van der Waals surface area contributed by atoms with Gasteiger partial charge in [-0.2, -0.15) is 0 Å². The molecule has 2 N–H and O–H groups in total. The molecule has 1 aliphatic rings. The van der Waals surface area contributed by atoms with E-state index in [-0.39, 0.29) is 17.9 Å². The summed E-state index contributed by atoms with van der Waals surface area (Å²) in [6, 6.07) is 1.55.